The second-order valence-electron chi connectivity index (χ2n) is 5.09. The minimum Gasteiger partial charge on any atom is -0.361 e. The Balaban J connectivity index is 0.000000203. The van der Waals surface area contributed by atoms with E-state index >= 15 is 0 Å². The zero-order valence-electron chi connectivity index (χ0n) is 12.1. The Labute approximate surface area is 111 Å². The third-order valence-electron chi connectivity index (χ3n) is 2.58. The summed E-state index contributed by atoms with van der Waals surface area (Å²) in [4.78, 5) is 3.16. The van der Waals surface area contributed by atoms with Gasteiger partial charge in [-0.15, -0.1) is 0 Å². The first kappa shape index (κ1) is 14.8. The molecular weight excluding hydrogens is 219 g/mol. The maximum absolute atomic E-state index is 3.31. The van der Waals surface area contributed by atoms with Crippen LogP contribution in [-0.4, -0.2) is 24.3 Å². The molecule has 2 N–H and O–H groups in total. The molecule has 18 heavy (non-hydrogen) atoms. The van der Waals surface area contributed by atoms with Gasteiger partial charge in [0.2, 0.25) is 0 Å². The fourth-order valence-corrected chi connectivity index (χ4v) is 1.92. The largest absolute Gasteiger partial charge is 0.361 e. The van der Waals surface area contributed by atoms with Gasteiger partial charge in [0, 0.05) is 23.8 Å². The highest BCUT2D eigenvalue weighted by Crippen LogP contribution is 2.08. The lowest BCUT2D eigenvalue weighted by atomic mass is 9.73. The Morgan fingerprint density at radius 1 is 1.06 bits per heavy atom. The summed E-state index contributed by atoms with van der Waals surface area (Å²) in [5.41, 5.74) is 2.48. The number of rotatable bonds is 3. The van der Waals surface area contributed by atoms with Crippen molar-refractivity contribution in [2.45, 2.75) is 46.6 Å². The van der Waals surface area contributed by atoms with Gasteiger partial charge < -0.3 is 10.3 Å². The molecule has 1 radical (unpaired) electrons. The molecule has 1 heterocycles. The predicted molar refractivity (Wildman–Crippen MR) is 83.0 cm³/mol. The third kappa shape index (κ3) is 4.97. The van der Waals surface area contributed by atoms with Gasteiger partial charge in [-0.3, -0.25) is 0 Å². The second-order valence-corrected chi connectivity index (χ2v) is 5.09. The number of aromatic amines is 1. The molecule has 0 unspecified atom stereocenters. The number of hydrogen-bond acceptors (Lipinski definition) is 1. The molecule has 0 fully saturated rings. The van der Waals surface area contributed by atoms with E-state index in [1.807, 2.05) is 13.0 Å². The highest BCUT2D eigenvalue weighted by Gasteiger charge is 1.94. The minimum atomic E-state index is 0.625. The molecule has 0 aliphatic rings. The van der Waals surface area contributed by atoms with Crippen molar-refractivity contribution < 1.29 is 0 Å². The summed E-state index contributed by atoms with van der Waals surface area (Å²) < 4.78 is 0. The topological polar surface area (TPSA) is 27.8 Å². The molecule has 0 spiro atoms. The molecule has 1 aromatic heterocycles. The van der Waals surface area contributed by atoms with Crippen LogP contribution in [0.4, 0.5) is 0 Å². The average Bonchev–Trinajstić information content (AvgIpc) is 2.74. The van der Waals surface area contributed by atoms with Crippen molar-refractivity contribution >= 4 is 23.6 Å². The zero-order valence-corrected chi connectivity index (χ0v) is 12.1. The molecule has 2 nitrogen and oxygen atoms in total. The second kappa shape index (κ2) is 7.27. The van der Waals surface area contributed by atoms with Crippen LogP contribution in [0.3, 0.4) is 0 Å². The van der Waals surface area contributed by atoms with Crippen LogP contribution < -0.4 is 10.8 Å². The quantitative estimate of drug-likeness (QED) is 0.797. The van der Waals surface area contributed by atoms with Crippen LogP contribution in [-0.2, 0) is 0 Å². The van der Waals surface area contributed by atoms with E-state index in [4.69, 9.17) is 0 Å². The molecule has 3 heteroatoms. The summed E-state index contributed by atoms with van der Waals surface area (Å²) in [6.45, 7) is 10.7. The van der Waals surface area contributed by atoms with E-state index in [-0.39, 0.29) is 0 Å². The minimum absolute atomic E-state index is 0.625. The van der Waals surface area contributed by atoms with E-state index in [0.29, 0.717) is 12.1 Å². The number of hydrogen-bond donors (Lipinski definition) is 2. The summed E-state index contributed by atoms with van der Waals surface area (Å²) in [7, 11) is 2.10. The van der Waals surface area contributed by atoms with Crippen LogP contribution in [0.25, 0.3) is 10.9 Å². The Kier molecular flexibility index (Phi) is 6.00. The van der Waals surface area contributed by atoms with E-state index in [1.165, 1.54) is 16.4 Å². The SMILES string of the molecule is CC(C)NC(C)C.C[B]c1ccc2[nH]ccc2c1. The first-order chi connectivity index (χ1) is 8.52. The van der Waals surface area contributed by atoms with Crippen LogP contribution in [0.2, 0.25) is 6.82 Å². The molecular formula is C15H24BN2. The molecule has 97 valence electrons. The van der Waals surface area contributed by atoms with Gasteiger partial charge in [0.25, 0.3) is 0 Å². The first-order valence-electron chi connectivity index (χ1n) is 6.65. The molecule has 0 aliphatic heterocycles. The van der Waals surface area contributed by atoms with E-state index < -0.39 is 0 Å². The fourth-order valence-electron chi connectivity index (χ4n) is 1.92. The number of benzene rings is 1. The summed E-state index contributed by atoms with van der Waals surface area (Å²) in [6.07, 6.45) is 1.96. The maximum atomic E-state index is 3.31. The van der Waals surface area contributed by atoms with E-state index in [1.54, 1.807) is 0 Å². The van der Waals surface area contributed by atoms with Crippen molar-refractivity contribution in [1.82, 2.24) is 10.3 Å². The highest BCUT2D eigenvalue weighted by molar-refractivity contribution is 6.52. The maximum Gasteiger partial charge on any atom is 0.148 e. The van der Waals surface area contributed by atoms with E-state index in [2.05, 4.69) is 69.5 Å². The summed E-state index contributed by atoms with van der Waals surface area (Å²) >= 11 is 0. The molecule has 1 aromatic carbocycles. The number of aromatic nitrogens is 1. The highest BCUT2D eigenvalue weighted by atomic mass is 14.9. The molecule has 0 amide bonds. The summed E-state index contributed by atoms with van der Waals surface area (Å²) in [5.74, 6) is 0. The van der Waals surface area contributed by atoms with Crippen molar-refractivity contribution in [3.8, 4) is 0 Å². The Morgan fingerprint density at radius 3 is 2.22 bits per heavy atom. The van der Waals surface area contributed by atoms with Crippen LogP contribution in [0.5, 0.6) is 0 Å². The zero-order chi connectivity index (χ0) is 13.5. The lowest BCUT2D eigenvalue weighted by Gasteiger charge is -2.10. The smallest absolute Gasteiger partial charge is 0.148 e. The van der Waals surface area contributed by atoms with Gasteiger partial charge in [-0.05, 0) is 17.5 Å². The van der Waals surface area contributed by atoms with Gasteiger partial charge in [-0.2, -0.15) is 0 Å². The van der Waals surface area contributed by atoms with Crippen molar-refractivity contribution in [2.75, 3.05) is 0 Å². The van der Waals surface area contributed by atoms with Gasteiger partial charge >= 0.3 is 0 Å². The van der Waals surface area contributed by atoms with Crippen LogP contribution in [0.15, 0.2) is 30.5 Å². The van der Waals surface area contributed by atoms with Gasteiger partial charge in [0.05, 0.1) is 0 Å². The third-order valence-corrected chi connectivity index (χ3v) is 2.58. The lowest BCUT2D eigenvalue weighted by Crippen LogP contribution is -2.29. The van der Waals surface area contributed by atoms with Crippen molar-refractivity contribution in [2.24, 2.45) is 0 Å². The summed E-state index contributed by atoms with van der Waals surface area (Å²) in [5, 5.41) is 4.58. The van der Waals surface area contributed by atoms with E-state index in [0.717, 1.165) is 0 Å². The molecule has 2 aromatic rings. The first-order valence-corrected chi connectivity index (χ1v) is 6.65. The number of H-pyrrole nitrogens is 1. The van der Waals surface area contributed by atoms with Crippen molar-refractivity contribution in [3.63, 3.8) is 0 Å². The normalized spacial score (nSPS) is 10.6. The fraction of sp³-hybridized carbons (Fsp3) is 0.467. The molecule has 2 rings (SSSR count). The van der Waals surface area contributed by atoms with Crippen molar-refractivity contribution in [3.05, 3.63) is 30.5 Å². The average molecular weight is 243 g/mol. The van der Waals surface area contributed by atoms with Crippen LogP contribution >= 0.6 is 0 Å². The molecule has 0 bridgehead atoms. The monoisotopic (exact) mass is 243 g/mol. The standard InChI is InChI=1S/C9H9BN.C6H15N/c1-10-8-2-3-9-7(6-8)4-5-11-9;1-5(2)7-6(3)4/h2-6,11H,1H3;5-7H,1-4H3. The van der Waals surface area contributed by atoms with Crippen molar-refractivity contribution in [1.29, 1.82) is 0 Å². The Bertz CT molecular complexity index is 454. The van der Waals surface area contributed by atoms with Gasteiger partial charge in [0.15, 0.2) is 0 Å². The predicted octanol–water partition coefficient (Wildman–Crippen LogP) is 2.94. The van der Waals surface area contributed by atoms with Crippen LogP contribution in [0.1, 0.15) is 27.7 Å². The van der Waals surface area contributed by atoms with Gasteiger partial charge in [0.1, 0.15) is 7.28 Å². The number of nitrogens with one attached hydrogen (secondary N) is 2. The Morgan fingerprint density at radius 2 is 1.72 bits per heavy atom. The van der Waals surface area contributed by atoms with Crippen LogP contribution in [0, 0.1) is 0 Å². The van der Waals surface area contributed by atoms with Gasteiger partial charge in [-0.1, -0.05) is 52.1 Å². The molecule has 0 atom stereocenters. The number of fused-ring (bicyclic) bond motifs is 1. The Hall–Kier alpha value is -1.22. The molecule has 0 saturated heterocycles. The van der Waals surface area contributed by atoms with E-state index in [9.17, 15) is 0 Å². The van der Waals surface area contributed by atoms with Gasteiger partial charge in [-0.25, -0.2) is 0 Å². The lowest BCUT2D eigenvalue weighted by molar-refractivity contribution is 0.518. The molecule has 0 aliphatic carbocycles. The molecule has 0 saturated carbocycles. The summed E-state index contributed by atoms with van der Waals surface area (Å²) in [6, 6.07) is 9.72.